The molecule has 5 nitrogen and oxygen atoms in total. The highest BCUT2D eigenvalue weighted by molar-refractivity contribution is 5.78. The summed E-state index contributed by atoms with van der Waals surface area (Å²) in [4.78, 5) is 4.53. The molecule has 0 aliphatic heterocycles. The lowest BCUT2D eigenvalue weighted by Crippen LogP contribution is -2.14. The Bertz CT molecular complexity index is 740. The van der Waals surface area contributed by atoms with Crippen LogP contribution >= 0.6 is 0 Å². The Morgan fingerprint density at radius 2 is 1.77 bits per heavy atom. The van der Waals surface area contributed by atoms with Gasteiger partial charge in [-0.3, -0.25) is 0 Å². The van der Waals surface area contributed by atoms with Gasteiger partial charge in [0.15, 0.2) is 0 Å². The topological polar surface area (TPSA) is 70.3 Å². The lowest BCUT2D eigenvalue weighted by molar-refractivity contribution is 0.158. The van der Waals surface area contributed by atoms with E-state index in [4.69, 9.17) is 5.11 Å². The molecule has 0 radical (unpaired) electrons. The summed E-state index contributed by atoms with van der Waals surface area (Å²) in [6.07, 6.45) is -0.617. The molecule has 5 heteroatoms. The molecule has 22 heavy (non-hydrogen) atoms. The first kappa shape index (κ1) is 14.6. The molecule has 1 atom stereocenters. The summed E-state index contributed by atoms with van der Waals surface area (Å²) in [5.41, 5.74) is 2.69. The maximum absolute atomic E-state index is 10.5. The third-order valence-electron chi connectivity index (χ3n) is 3.59. The largest absolute Gasteiger partial charge is 0.395 e. The standard InChI is InChI=1S/C17H19N3O2/c21-11-10-18-17-19-14-8-4-5-9-15(14)20(17)12-16(22)13-6-2-1-3-7-13/h1-9,16,21-22H,10-12H2,(H,18,19)/t16-/m1/s1. The average molecular weight is 297 g/mol. The summed E-state index contributed by atoms with van der Waals surface area (Å²) in [5, 5.41) is 22.6. The molecule has 114 valence electrons. The lowest BCUT2D eigenvalue weighted by atomic mass is 10.1. The number of fused-ring (bicyclic) bond motifs is 1. The van der Waals surface area contributed by atoms with Crippen LogP contribution in [0.5, 0.6) is 0 Å². The number of hydrogen-bond acceptors (Lipinski definition) is 4. The van der Waals surface area contributed by atoms with Crippen LogP contribution in [0.25, 0.3) is 11.0 Å². The van der Waals surface area contributed by atoms with Gasteiger partial charge in [-0.15, -0.1) is 0 Å². The first-order valence-corrected chi connectivity index (χ1v) is 7.32. The van der Waals surface area contributed by atoms with Gasteiger partial charge in [0.2, 0.25) is 5.95 Å². The van der Waals surface area contributed by atoms with E-state index in [9.17, 15) is 5.11 Å². The summed E-state index contributed by atoms with van der Waals surface area (Å²) >= 11 is 0. The third kappa shape index (κ3) is 2.95. The van der Waals surface area contributed by atoms with Gasteiger partial charge >= 0.3 is 0 Å². The van der Waals surface area contributed by atoms with Gasteiger partial charge in [-0.1, -0.05) is 42.5 Å². The molecule has 3 aromatic rings. The van der Waals surface area contributed by atoms with Crippen LogP contribution < -0.4 is 5.32 Å². The average Bonchev–Trinajstić information content (AvgIpc) is 2.91. The predicted octanol–water partition coefficient (Wildman–Crippen LogP) is 2.17. The van der Waals surface area contributed by atoms with E-state index in [1.165, 1.54) is 0 Å². The molecule has 0 spiro atoms. The van der Waals surface area contributed by atoms with E-state index in [0.29, 0.717) is 19.0 Å². The first-order chi connectivity index (χ1) is 10.8. The van der Waals surface area contributed by atoms with Gasteiger partial charge in [0.05, 0.1) is 30.3 Å². The van der Waals surface area contributed by atoms with Crippen molar-refractivity contribution in [2.24, 2.45) is 0 Å². The van der Waals surface area contributed by atoms with Crippen LogP contribution in [0.15, 0.2) is 54.6 Å². The van der Waals surface area contributed by atoms with Crippen LogP contribution in [0.3, 0.4) is 0 Å². The number of aliphatic hydroxyl groups is 2. The SMILES string of the molecule is OCCNc1nc2ccccc2n1C[C@@H](O)c1ccccc1. The Morgan fingerprint density at radius 1 is 1.05 bits per heavy atom. The minimum Gasteiger partial charge on any atom is -0.395 e. The highest BCUT2D eigenvalue weighted by Gasteiger charge is 2.14. The quantitative estimate of drug-likeness (QED) is 0.652. The van der Waals surface area contributed by atoms with E-state index in [1.54, 1.807) is 0 Å². The maximum atomic E-state index is 10.5. The molecular weight excluding hydrogens is 278 g/mol. The van der Waals surface area contributed by atoms with Gasteiger partial charge in [-0.05, 0) is 17.7 Å². The van der Waals surface area contributed by atoms with Gasteiger partial charge < -0.3 is 20.1 Å². The molecule has 0 bridgehead atoms. The number of rotatable bonds is 6. The smallest absolute Gasteiger partial charge is 0.204 e. The van der Waals surface area contributed by atoms with E-state index in [1.807, 2.05) is 59.2 Å². The first-order valence-electron chi connectivity index (χ1n) is 7.32. The summed E-state index contributed by atoms with van der Waals surface area (Å²) in [6, 6.07) is 17.4. The molecule has 0 unspecified atom stereocenters. The van der Waals surface area contributed by atoms with Gasteiger partial charge in [-0.25, -0.2) is 4.98 Å². The molecular formula is C17H19N3O2. The molecule has 3 rings (SSSR count). The fourth-order valence-electron chi connectivity index (χ4n) is 2.52. The van der Waals surface area contributed by atoms with Crippen molar-refractivity contribution < 1.29 is 10.2 Å². The van der Waals surface area contributed by atoms with Crippen molar-refractivity contribution in [3.8, 4) is 0 Å². The highest BCUT2D eigenvalue weighted by atomic mass is 16.3. The van der Waals surface area contributed by atoms with Gasteiger partial charge in [0.1, 0.15) is 0 Å². The number of imidazole rings is 1. The van der Waals surface area contributed by atoms with Crippen molar-refractivity contribution >= 4 is 17.0 Å². The van der Waals surface area contributed by atoms with Crippen molar-refractivity contribution in [1.29, 1.82) is 0 Å². The third-order valence-corrected chi connectivity index (χ3v) is 3.59. The molecule has 0 aliphatic rings. The minimum atomic E-state index is -0.617. The Kier molecular flexibility index (Phi) is 4.37. The van der Waals surface area contributed by atoms with E-state index in [0.717, 1.165) is 16.6 Å². The number of nitrogens with one attached hydrogen (secondary N) is 1. The maximum Gasteiger partial charge on any atom is 0.204 e. The fourth-order valence-corrected chi connectivity index (χ4v) is 2.52. The summed E-state index contributed by atoms with van der Waals surface area (Å²) in [5.74, 6) is 0.658. The second-order valence-electron chi connectivity index (χ2n) is 5.11. The highest BCUT2D eigenvalue weighted by Crippen LogP contribution is 2.23. The molecule has 0 aliphatic carbocycles. The fraction of sp³-hybridized carbons (Fsp3) is 0.235. The van der Waals surface area contributed by atoms with E-state index in [2.05, 4.69) is 10.3 Å². The minimum absolute atomic E-state index is 0.0322. The van der Waals surface area contributed by atoms with Crippen LogP contribution in [0.4, 0.5) is 5.95 Å². The van der Waals surface area contributed by atoms with Crippen molar-refractivity contribution in [3.63, 3.8) is 0 Å². The van der Waals surface area contributed by atoms with Crippen molar-refractivity contribution in [2.75, 3.05) is 18.5 Å². The van der Waals surface area contributed by atoms with Crippen molar-refractivity contribution in [2.45, 2.75) is 12.6 Å². The van der Waals surface area contributed by atoms with E-state index < -0.39 is 6.10 Å². The Morgan fingerprint density at radius 3 is 2.55 bits per heavy atom. The van der Waals surface area contributed by atoms with Crippen LogP contribution in [0, 0.1) is 0 Å². The van der Waals surface area contributed by atoms with E-state index >= 15 is 0 Å². The zero-order valence-corrected chi connectivity index (χ0v) is 12.2. The second-order valence-corrected chi connectivity index (χ2v) is 5.11. The second kappa shape index (κ2) is 6.60. The monoisotopic (exact) mass is 297 g/mol. The molecule has 1 heterocycles. The molecule has 0 saturated heterocycles. The van der Waals surface area contributed by atoms with Crippen molar-refractivity contribution in [1.82, 2.24) is 9.55 Å². The number of benzene rings is 2. The summed E-state index contributed by atoms with van der Waals surface area (Å²) in [7, 11) is 0. The number of para-hydroxylation sites is 2. The zero-order chi connectivity index (χ0) is 15.4. The molecule has 2 aromatic carbocycles. The van der Waals surface area contributed by atoms with Gasteiger partial charge in [0.25, 0.3) is 0 Å². The van der Waals surface area contributed by atoms with Crippen LogP contribution in [-0.4, -0.2) is 32.9 Å². The molecule has 0 amide bonds. The number of aliphatic hydroxyl groups excluding tert-OH is 2. The van der Waals surface area contributed by atoms with Crippen molar-refractivity contribution in [3.05, 3.63) is 60.2 Å². The Hall–Kier alpha value is -2.37. The van der Waals surface area contributed by atoms with Gasteiger partial charge in [0, 0.05) is 6.54 Å². The van der Waals surface area contributed by atoms with Gasteiger partial charge in [-0.2, -0.15) is 0 Å². The Balaban J connectivity index is 1.94. The number of anilines is 1. The van der Waals surface area contributed by atoms with E-state index in [-0.39, 0.29) is 6.61 Å². The molecule has 0 fully saturated rings. The summed E-state index contributed by atoms with van der Waals surface area (Å²) < 4.78 is 1.95. The zero-order valence-electron chi connectivity index (χ0n) is 12.2. The number of nitrogens with zero attached hydrogens (tertiary/aromatic N) is 2. The number of aromatic nitrogens is 2. The summed E-state index contributed by atoms with van der Waals surface area (Å²) in [6.45, 7) is 0.855. The normalized spacial score (nSPS) is 12.5. The van der Waals surface area contributed by atoms with Crippen LogP contribution in [0.2, 0.25) is 0 Å². The predicted molar refractivity (Wildman–Crippen MR) is 86.7 cm³/mol. The molecule has 0 saturated carbocycles. The molecule has 1 aromatic heterocycles. The van der Waals surface area contributed by atoms with Crippen LogP contribution in [0.1, 0.15) is 11.7 Å². The van der Waals surface area contributed by atoms with Crippen LogP contribution in [-0.2, 0) is 6.54 Å². The number of hydrogen-bond donors (Lipinski definition) is 3. The Labute approximate surface area is 128 Å². The molecule has 3 N–H and O–H groups in total. The lowest BCUT2D eigenvalue weighted by Gasteiger charge is -2.15.